The van der Waals surface area contributed by atoms with Crippen LogP contribution in [0.5, 0.6) is 0 Å². The molecule has 0 bridgehead atoms. The lowest BCUT2D eigenvalue weighted by Gasteiger charge is -2.41. The Balaban J connectivity index is 0.000000682. The molecule has 0 atom stereocenters. The first-order valence-electron chi connectivity index (χ1n) is 17.5. The van der Waals surface area contributed by atoms with Crippen LogP contribution in [0.4, 0.5) is 0 Å². The maximum Gasteiger partial charge on any atom is 0.141 e. The summed E-state index contributed by atoms with van der Waals surface area (Å²) in [7, 11) is 4.39. The Kier molecular flexibility index (Phi) is 23.4. The number of rotatable bonds is 8. The quantitative estimate of drug-likeness (QED) is 0.294. The van der Waals surface area contributed by atoms with Crippen molar-refractivity contribution in [1.29, 1.82) is 0 Å². The summed E-state index contributed by atoms with van der Waals surface area (Å²) in [6, 6.07) is 2.70. The fourth-order valence-corrected chi connectivity index (χ4v) is 5.85. The number of aromatic nitrogens is 2. The molecule has 0 unspecified atom stereocenters. The zero-order chi connectivity index (χ0) is 32.0. The highest BCUT2D eigenvalue weighted by molar-refractivity contribution is 5.49. The van der Waals surface area contributed by atoms with Crippen molar-refractivity contribution in [3.05, 3.63) is 18.0 Å². The van der Waals surface area contributed by atoms with Crippen molar-refractivity contribution in [3.8, 4) is 0 Å². The van der Waals surface area contributed by atoms with E-state index in [0.29, 0.717) is 30.3 Å². The predicted molar refractivity (Wildman–Crippen MR) is 181 cm³/mol. The van der Waals surface area contributed by atoms with Crippen molar-refractivity contribution in [2.75, 3.05) is 46.8 Å². The number of hydrogen-bond donors (Lipinski definition) is 0. The molecule has 3 heterocycles. The molecule has 1 aromatic rings. The molecular formula is C35H71N5O2. The van der Waals surface area contributed by atoms with Crippen molar-refractivity contribution in [3.63, 3.8) is 0 Å². The van der Waals surface area contributed by atoms with Crippen LogP contribution in [-0.2, 0) is 22.5 Å². The number of likely N-dealkylation sites (N-methyl/N-ethyl adjacent to an activating group) is 1. The van der Waals surface area contributed by atoms with E-state index in [1.165, 1.54) is 84.0 Å². The van der Waals surface area contributed by atoms with Gasteiger partial charge in [-0.2, -0.15) is 5.10 Å². The van der Waals surface area contributed by atoms with E-state index in [2.05, 4.69) is 54.7 Å². The van der Waals surface area contributed by atoms with Crippen molar-refractivity contribution >= 4 is 6.29 Å². The average molecular weight is 594 g/mol. The third kappa shape index (κ3) is 16.0. The summed E-state index contributed by atoms with van der Waals surface area (Å²) in [4.78, 5) is 18.0. The summed E-state index contributed by atoms with van der Waals surface area (Å²) in [5.41, 5.74) is 1.47. The highest BCUT2D eigenvalue weighted by Gasteiger charge is 2.29. The number of piperidine rings is 2. The number of ether oxygens (including phenoxy) is 1. The number of hydrogen-bond acceptors (Lipinski definition) is 6. The second-order valence-electron chi connectivity index (χ2n) is 12.2. The Morgan fingerprint density at radius 2 is 1.43 bits per heavy atom. The summed E-state index contributed by atoms with van der Waals surface area (Å²) < 4.78 is 8.05. The van der Waals surface area contributed by atoms with Crippen LogP contribution >= 0.6 is 0 Å². The van der Waals surface area contributed by atoms with E-state index in [-0.39, 0.29) is 0 Å². The number of likely N-dealkylation sites (tertiary alicyclic amines) is 2. The molecule has 1 saturated carbocycles. The van der Waals surface area contributed by atoms with E-state index in [1.807, 2.05) is 47.6 Å². The molecule has 0 N–H and O–H groups in total. The maximum absolute atomic E-state index is 10.6. The van der Waals surface area contributed by atoms with Gasteiger partial charge >= 0.3 is 0 Å². The van der Waals surface area contributed by atoms with Crippen LogP contribution in [-0.4, -0.2) is 101 Å². The molecule has 0 aromatic carbocycles. The topological polar surface area (TPSA) is 53.8 Å². The van der Waals surface area contributed by atoms with Gasteiger partial charge in [-0.15, -0.1) is 0 Å². The van der Waals surface area contributed by atoms with Gasteiger partial charge in [0.2, 0.25) is 0 Å². The van der Waals surface area contributed by atoms with Gasteiger partial charge in [-0.25, -0.2) is 0 Å². The van der Waals surface area contributed by atoms with Gasteiger partial charge in [0.05, 0.1) is 18.8 Å². The lowest BCUT2D eigenvalue weighted by molar-refractivity contribution is -0.108. The predicted octanol–water partition coefficient (Wildman–Crippen LogP) is 7.33. The number of carbonyl (C=O) groups excluding carboxylic acids is 1. The third-order valence-corrected chi connectivity index (χ3v) is 8.41. The average Bonchev–Trinajstić information content (AvgIpc) is 3.47. The van der Waals surface area contributed by atoms with Gasteiger partial charge < -0.3 is 19.3 Å². The monoisotopic (exact) mass is 594 g/mol. The van der Waals surface area contributed by atoms with Crippen LogP contribution in [0.1, 0.15) is 126 Å². The maximum atomic E-state index is 10.6. The molecule has 7 heteroatoms. The lowest BCUT2D eigenvalue weighted by atomic mass is 9.96. The molecule has 0 radical (unpaired) electrons. The Morgan fingerprint density at radius 1 is 0.881 bits per heavy atom. The molecule has 7 nitrogen and oxygen atoms in total. The second-order valence-corrected chi connectivity index (χ2v) is 12.2. The zero-order valence-corrected chi connectivity index (χ0v) is 29.8. The molecule has 4 rings (SSSR count). The number of carbonyl (C=O) groups is 1. The SMILES string of the molecule is CC.CC.CC.CC(C)(C)N1CCC(OC2CCCCC2)CC1.CN1CCC(N(C)CCc2ccnn2CC=O)CC1. The summed E-state index contributed by atoms with van der Waals surface area (Å²) in [5.74, 6) is 0. The molecule has 3 fully saturated rings. The number of aldehydes is 1. The van der Waals surface area contributed by atoms with E-state index < -0.39 is 0 Å². The van der Waals surface area contributed by atoms with Gasteiger partial charge in [-0.3, -0.25) is 9.58 Å². The van der Waals surface area contributed by atoms with Gasteiger partial charge in [0, 0.05) is 49.5 Å². The minimum atomic E-state index is 0.329. The van der Waals surface area contributed by atoms with Crippen molar-refractivity contribution < 1.29 is 9.53 Å². The van der Waals surface area contributed by atoms with Crippen LogP contribution in [0.3, 0.4) is 0 Å². The van der Waals surface area contributed by atoms with Crippen molar-refractivity contribution in [1.82, 2.24) is 24.5 Å². The highest BCUT2D eigenvalue weighted by atomic mass is 16.5. The van der Waals surface area contributed by atoms with Crippen LogP contribution in [0.15, 0.2) is 12.3 Å². The van der Waals surface area contributed by atoms with E-state index in [4.69, 9.17) is 4.74 Å². The minimum Gasteiger partial charge on any atom is -0.375 e. The Morgan fingerprint density at radius 3 is 1.95 bits per heavy atom. The fraction of sp³-hybridized carbons (Fsp3) is 0.886. The summed E-state index contributed by atoms with van der Waals surface area (Å²) in [6.07, 6.45) is 16.5. The Labute approximate surface area is 261 Å². The molecule has 248 valence electrons. The van der Waals surface area contributed by atoms with Crippen molar-refractivity contribution in [2.45, 2.75) is 157 Å². The van der Waals surface area contributed by atoms with Gasteiger partial charge in [0.1, 0.15) is 6.29 Å². The first-order valence-corrected chi connectivity index (χ1v) is 17.5. The Hall–Kier alpha value is -1.28. The zero-order valence-electron chi connectivity index (χ0n) is 29.8. The van der Waals surface area contributed by atoms with Crippen LogP contribution in [0, 0.1) is 0 Å². The molecule has 2 aliphatic heterocycles. The van der Waals surface area contributed by atoms with Gasteiger partial charge in [0.25, 0.3) is 0 Å². The Bertz CT molecular complexity index is 741. The normalized spacial score (nSPS) is 19.2. The summed E-state index contributed by atoms with van der Waals surface area (Å²) in [6.45, 7) is 25.1. The van der Waals surface area contributed by atoms with Crippen LogP contribution in [0.25, 0.3) is 0 Å². The van der Waals surface area contributed by atoms with E-state index in [0.717, 1.165) is 24.9 Å². The summed E-state index contributed by atoms with van der Waals surface area (Å²) in [5, 5.41) is 4.17. The minimum absolute atomic E-state index is 0.329. The standard InChI is InChI=1S/C15H29NO.C14H24N4O.3C2H6/c1-15(2,3)16-11-9-14(10-12-16)17-13-7-5-4-6-8-13;1-16-8-4-13(5-9-16)17(2)10-6-14-3-7-15-18(14)11-12-19;3*1-2/h13-14H,4-12H2,1-3H3;3,7,12-13H,4-6,8-11H2,1-2H3;3*1-2H3. The molecule has 2 saturated heterocycles. The van der Waals surface area contributed by atoms with Gasteiger partial charge in [-0.1, -0.05) is 60.8 Å². The molecular weight excluding hydrogens is 522 g/mol. The smallest absolute Gasteiger partial charge is 0.141 e. The lowest BCUT2D eigenvalue weighted by Crippen LogP contribution is -2.48. The molecule has 0 spiro atoms. The van der Waals surface area contributed by atoms with Gasteiger partial charge in [-0.05, 0) is 92.5 Å². The molecule has 0 amide bonds. The fourth-order valence-electron chi connectivity index (χ4n) is 5.85. The second kappa shape index (κ2) is 24.1. The van der Waals surface area contributed by atoms with E-state index in [9.17, 15) is 4.79 Å². The molecule has 3 aliphatic rings. The number of nitrogens with zero attached hydrogens (tertiary/aromatic N) is 5. The third-order valence-electron chi connectivity index (χ3n) is 8.41. The summed E-state index contributed by atoms with van der Waals surface area (Å²) >= 11 is 0. The van der Waals surface area contributed by atoms with Crippen LogP contribution in [0.2, 0.25) is 0 Å². The highest BCUT2D eigenvalue weighted by Crippen LogP contribution is 2.26. The first-order chi connectivity index (χ1) is 20.3. The van der Waals surface area contributed by atoms with Crippen molar-refractivity contribution in [2.24, 2.45) is 0 Å². The van der Waals surface area contributed by atoms with E-state index in [1.54, 1.807) is 10.9 Å². The van der Waals surface area contributed by atoms with Crippen LogP contribution < -0.4 is 0 Å². The first kappa shape index (κ1) is 40.7. The molecule has 42 heavy (non-hydrogen) atoms. The van der Waals surface area contributed by atoms with E-state index >= 15 is 0 Å². The molecule has 1 aliphatic carbocycles. The van der Waals surface area contributed by atoms with Gasteiger partial charge in [0.15, 0.2) is 0 Å². The molecule has 1 aromatic heterocycles. The largest absolute Gasteiger partial charge is 0.375 e.